The van der Waals surface area contributed by atoms with Crippen LogP contribution in [0, 0.1) is 16.7 Å². The summed E-state index contributed by atoms with van der Waals surface area (Å²) in [5.74, 6) is 0.545. The minimum atomic E-state index is 0.145. The Labute approximate surface area is 96.8 Å². The van der Waals surface area contributed by atoms with Crippen molar-refractivity contribution in [2.45, 2.75) is 34.1 Å². The summed E-state index contributed by atoms with van der Waals surface area (Å²) in [6, 6.07) is 0. The lowest BCUT2D eigenvalue weighted by molar-refractivity contribution is -0.120. The third-order valence-electron chi connectivity index (χ3n) is 4.48. The lowest BCUT2D eigenvalue weighted by Gasteiger charge is -2.03. The van der Waals surface area contributed by atoms with Gasteiger partial charge in [-0.2, -0.15) is 5.10 Å². The summed E-state index contributed by atoms with van der Waals surface area (Å²) in [4.78, 5) is 12.2. The number of nitrogens with zero attached hydrogens (tertiary/aromatic N) is 2. The number of ketones is 1. The molecule has 88 valence electrons. The van der Waals surface area contributed by atoms with Gasteiger partial charge in [0.15, 0.2) is 0 Å². The summed E-state index contributed by atoms with van der Waals surface area (Å²) >= 11 is 0. The van der Waals surface area contributed by atoms with Gasteiger partial charge in [-0.15, -0.1) is 0 Å². The summed E-state index contributed by atoms with van der Waals surface area (Å²) in [5.41, 5.74) is 1.31. The van der Waals surface area contributed by atoms with Crippen LogP contribution >= 0.6 is 0 Å². The van der Waals surface area contributed by atoms with E-state index >= 15 is 0 Å². The van der Waals surface area contributed by atoms with Gasteiger partial charge in [-0.3, -0.25) is 9.48 Å². The molecule has 3 nitrogen and oxygen atoms in total. The van der Waals surface area contributed by atoms with Crippen molar-refractivity contribution >= 4 is 5.78 Å². The maximum atomic E-state index is 12.2. The van der Waals surface area contributed by atoms with Crippen molar-refractivity contribution in [3.63, 3.8) is 0 Å². The highest BCUT2D eigenvalue weighted by atomic mass is 16.1. The standard InChI is InChI=1S/C13H20N2O/c1-12(2)11(13(12,3)4)10(16)6-9-7-14-15(5)8-9/h7-8,11H,6H2,1-5H3. The van der Waals surface area contributed by atoms with Crippen LogP contribution in [-0.2, 0) is 18.3 Å². The Bertz CT molecular complexity index is 415. The third-order valence-corrected chi connectivity index (χ3v) is 4.48. The SMILES string of the molecule is Cn1cc(CC(=O)C2C(C)(C)C2(C)C)cn1. The predicted molar refractivity (Wildman–Crippen MR) is 63.0 cm³/mol. The van der Waals surface area contributed by atoms with Gasteiger partial charge in [-0.25, -0.2) is 0 Å². The lowest BCUT2D eigenvalue weighted by atomic mass is 10.0. The molecule has 0 unspecified atom stereocenters. The molecular weight excluding hydrogens is 200 g/mol. The number of carbonyl (C=O) groups is 1. The first-order chi connectivity index (χ1) is 7.26. The number of aromatic nitrogens is 2. The number of hydrogen-bond donors (Lipinski definition) is 0. The molecule has 1 aromatic heterocycles. The van der Waals surface area contributed by atoms with E-state index in [1.165, 1.54) is 0 Å². The fourth-order valence-electron chi connectivity index (χ4n) is 2.87. The van der Waals surface area contributed by atoms with Crippen molar-refractivity contribution < 1.29 is 4.79 Å². The van der Waals surface area contributed by atoms with E-state index in [0.717, 1.165) is 5.56 Å². The van der Waals surface area contributed by atoms with E-state index in [9.17, 15) is 4.79 Å². The second-order valence-electron chi connectivity index (χ2n) is 6.04. The Morgan fingerprint density at radius 1 is 1.38 bits per heavy atom. The molecule has 0 saturated heterocycles. The molecule has 2 rings (SSSR count). The van der Waals surface area contributed by atoms with E-state index in [1.807, 2.05) is 13.2 Å². The van der Waals surface area contributed by atoms with Crippen LogP contribution < -0.4 is 0 Å². The van der Waals surface area contributed by atoms with Gasteiger partial charge in [0.25, 0.3) is 0 Å². The summed E-state index contributed by atoms with van der Waals surface area (Å²) in [6.45, 7) is 8.72. The summed E-state index contributed by atoms with van der Waals surface area (Å²) in [7, 11) is 1.87. The maximum absolute atomic E-state index is 12.2. The average molecular weight is 220 g/mol. The largest absolute Gasteiger partial charge is 0.299 e. The highest BCUT2D eigenvalue weighted by Gasteiger charge is 2.67. The Kier molecular flexibility index (Phi) is 2.26. The molecule has 3 heteroatoms. The van der Waals surface area contributed by atoms with Gasteiger partial charge in [-0.05, 0) is 16.4 Å². The fourth-order valence-corrected chi connectivity index (χ4v) is 2.87. The molecule has 0 radical (unpaired) electrons. The molecule has 1 aliphatic carbocycles. The molecule has 0 bridgehead atoms. The van der Waals surface area contributed by atoms with Crippen LogP contribution in [0.4, 0.5) is 0 Å². The average Bonchev–Trinajstić information content (AvgIpc) is 2.44. The van der Waals surface area contributed by atoms with Gasteiger partial charge < -0.3 is 0 Å². The molecule has 0 aliphatic heterocycles. The van der Waals surface area contributed by atoms with Gasteiger partial charge in [0.05, 0.1) is 6.20 Å². The van der Waals surface area contributed by atoms with E-state index in [-0.39, 0.29) is 16.7 Å². The lowest BCUT2D eigenvalue weighted by Crippen LogP contribution is -2.09. The Hall–Kier alpha value is -1.12. The number of carbonyl (C=O) groups excluding carboxylic acids is 1. The van der Waals surface area contributed by atoms with E-state index < -0.39 is 0 Å². The topological polar surface area (TPSA) is 34.9 Å². The molecule has 16 heavy (non-hydrogen) atoms. The fraction of sp³-hybridized carbons (Fsp3) is 0.692. The second-order valence-corrected chi connectivity index (χ2v) is 6.04. The van der Waals surface area contributed by atoms with Gasteiger partial charge >= 0.3 is 0 Å². The molecule has 0 aromatic carbocycles. The molecule has 1 aliphatic rings. The highest BCUT2D eigenvalue weighted by molar-refractivity contribution is 5.87. The molecule has 0 atom stereocenters. The second kappa shape index (κ2) is 3.19. The van der Waals surface area contributed by atoms with Crippen LogP contribution in [0.15, 0.2) is 12.4 Å². The van der Waals surface area contributed by atoms with Crippen molar-refractivity contribution in [2.75, 3.05) is 0 Å². The molecule has 1 aromatic rings. The van der Waals surface area contributed by atoms with Crippen molar-refractivity contribution in [1.82, 2.24) is 9.78 Å². The Balaban J connectivity index is 2.06. The smallest absolute Gasteiger partial charge is 0.141 e. The van der Waals surface area contributed by atoms with Crippen LogP contribution in [0.3, 0.4) is 0 Å². The predicted octanol–water partition coefficient (Wildman–Crippen LogP) is 2.21. The molecule has 0 spiro atoms. The molecule has 1 saturated carbocycles. The minimum Gasteiger partial charge on any atom is -0.299 e. The first kappa shape index (κ1) is 11.4. The highest BCUT2D eigenvalue weighted by Crippen LogP contribution is 2.68. The number of rotatable bonds is 3. The zero-order chi connectivity index (χ0) is 12.1. The number of Topliss-reactive ketones (excluding diaryl/α,β-unsaturated/α-hetero) is 1. The van der Waals surface area contributed by atoms with Crippen molar-refractivity contribution in [3.8, 4) is 0 Å². The van der Waals surface area contributed by atoms with E-state index in [4.69, 9.17) is 0 Å². The molecule has 0 amide bonds. The van der Waals surface area contributed by atoms with Crippen molar-refractivity contribution in [1.29, 1.82) is 0 Å². The van der Waals surface area contributed by atoms with Crippen molar-refractivity contribution in [2.24, 2.45) is 23.8 Å². The van der Waals surface area contributed by atoms with E-state index in [0.29, 0.717) is 12.2 Å². The molecule has 0 N–H and O–H groups in total. The first-order valence-corrected chi connectivity index (χ1v) is 5.77. The number of aryl methyl sites for hydroxylation is 1. The van der Waals surface area contributed by atoms with Gasteiger partial charge in [0, 0.05) is 25.6 Å². The zero-order valence-corrected chi connectivity index (χ0v) is 10.7. The zero-order valence-electron chi connectivity index (χ0n) is 10.7. The summed E-state index contributed by atoms with van der Waals surface area (Å²) in [5, 5.41) is 4.09. The van der Waals surface area contributed by atoms with Crippen LogP contribution in [0.5, 0.6) is 0 Å². The maximum Gasteiger partial charge on any atom is 0.141 e. The number of hydrogen-bond acceptors (Lipinski definition) is 2. The Morgan fingerprint density at radius 3 is 2.31 bits per heavy atom. The normalized spacial score (nSPS) is 22.1. The molecule has 1 heterocycles. The van der Waals surface area contributed by atoms with Crippen LogP contribution in [0.2, 0.25) is 0 Å². The summed E-state index contributed by atoms with van der Waals surface area (Å²) < 4.78 is 1.74. The van der Waals surface area contributed by atoms with Gasteiger partial charge in [-0.1, -0.05) is 27.7 Å². The summed E-state index contributed by atoms with van der Waals surface area (Å²) in [6.07, 6.45) is 4.21. The van der Waals surface area contributed by atoms with Gasteiger partial charge in [0.1, 0.15) is 5.78 Å². The molecule has 1 fully saturated rings. The Morgan fingerprint density at radius 2 is 1.94 bits per heavy atom. The first-order valence-electron chi connectivity index (χ1n) is 5.77. The van der Waals surface area contributed by atoms with Crippen LogP contribution in [0.1, 0.15) is 33.3 Å². The van der Waals surface area contributed by atoms with Crippen molar-refractivity contribution in [3.05, 3.63) is 18.0 Å². The monoisotopic (exact) mass is 220 g/mol. The van der Waals surface area contributed by atoms with Crippen LogP contribution in [-0.4, -0.2) is 15.6 Å². The third kappa shape index (κ3) is 1.49. The quantitative estimate of drug-likeness (QED) is 0.782. The van der Waals surface area contributed by atoms with Crippen LogP contribution in [0.25, 0.3) is 0 Å². The van der Waals surface area contributed by atoms with Gasteiger partial charge in [0.2, 0.25) is 0 Å². The van der Waals surface area contributed by atoms with E-state index in [1.54, 1.807) is 10.9 Å². The minimum absolute atomic E-state index is 0.145. The molecular formula is C13H20N2O. The van der Waals surface area contributed by atoms with E-state index in [2.05, 4.69) is 32.8 Å².